The van der Waals surface area contributed by atoms with E-state index in [4.69, 9.17) is 5.11 Å². The van der Waals surface area contributed by atoms with Gasteiger partial charge in [0.25, 0.3) is 0 Å². The van der Waals surface area contributed by atoms with Gasteiger partial charge in [0.2, 0.25) is 0 Å². The first kappa shape index (κ1) is 11.6. The van der Waals surface area contributed by atoms with Crippen LogP contribution in [0.15, 0.2) is 27.6 Å². The number of thioether (sulfide) groups is 1. The summed E-state index contributed by atoms with van der Waals surface area (Å²) in [5.41, 5.74) is 0.824. The summed E-state index contributed by atoms with van der Waals surface area (Å²) in [4.78, 5) is 11.6. The number of hydrogen-bond donors (Lipinski definition) is 1. The van der Waals surface area contributed by atoms with Gasteiger partial charge in [-0.1, -0.05) is 13.0 Å². The van der Waals surface area contributed by atoms with Crippen LogP contribution in [0.1, 0.15) is 12.5 Å². The number of carbonyl (C=O) groups is 1. The van der Waals surface area contributed by atoms with E-state index in [1.165, 1.54) is 0 Å². The Morgan fingerprint density at radius 2 is 2.29 bits per heavy atom. The molecule has 0 unspecified atom stereocenters. The summed E-state index contributed by atoms with van der Waals surface area (Å²) >= 11 is 5.16. The molecule has 0 atom stereocenters. The number of carboxylic acids is 1. The standard InChI is InChI=1S/C10H11BrO2S/c1-2-14-9-4-3-7(5-8(9)11)6-10(12)13/h3-5H,2,6H2,1H3,(H,12,13). The van der Waals surface area contributed by atoms with E-state index in [1.807, 2.05) is 18.2 Å². The Hall–Kier alpha value is -0.480. The van der Waals surface area contributed by atoms with Crippen molar-refractivity contribution in [2.45, 2.75) is 18.2 Å². The summed E-state index contributed by atoms with van der Waals surface area (Å²) in [5, 5.41) is 8.61. The first-order valence-corrected chi connectivity index (χ1v) is 6.04. The van der Waals surface area contributed by atoms with Crippen molar-refractivity contribution < 1.29 is 9.90 Å². The van der Waals surface area contributed by atoms with Crippen molar-refractivity contribution in [3.8, 4) is 0 Å². The summed E-state index contributed by atoms with van der Waals surface area (Å²) in [5.74, 6) is 0.212. The van der Waals surface area contributed by atoms with Gasteiger partial charge in [-0.05, 0) is 39.4 Å². The minimum Gasteiger partial charge on any atom is -0.481 e. The zero-order valence-electron chi connectivity index (χ0n) is 7.79. The SMILES string of the molecule is CCSc1ccc(CC(=O)O)cc1Br. The highest BCUT2D eigenvalue weighted by atomic mass is 79.9. The third-order valence-electron chi connectivity index (χ3n) is 1.65. The van der Waals surface area contributed by atoms with Gasteiger partial charge < -0.3 is 5.11 Å². The average Bonchev–Trinajstić information content (AvgIpc) is 2.09. The highest BCUT2D eigenvalue weighted by Crippen LogP contribution is 2.28. The maximum absolute atomic E-state index is 10.5. The minimum atomic E-state index is -0.798. The van der Waals surface area contributed by atoms with E-state index in [0.717, 1.165) is 20.7 Å². The van der Waals surface area contributed by atoms with Crippen molar-refractivity contribution >= 4 is 33.7 Å². The Balaban J connectivity index is 2.83. The highest BCUT2D eigenvalue weighted by Gasteiger charge is 2.04. The summed E-state index contributed by atoms with van der Waals surface area (Å²) in [6.07, 6.45) is 0.0790. The van der Waals surface area contributed by atoms with Crippen molar-refractivity contribution in [2.75, 3.05) is 5.75 Å². The molecule has 4 heteroatoms. The van der Waals surface area contributed by atoms with Crippen molar-refractivity contribution in [1.82, 2.24) is 0 Å². The second kappa shape index (κ2) is 5.41. The van der Waals surface area contributed by atoms with E-state index in [9.17, 15) is 4.79 Å². The molecular weight excluding hydrogens is 264 g/mol. The normalized spacial score (nSPS) is 10.1. The molecule has 1 N–H and O–H groups in total. The minimum absolute atomic E-state index is 0.0790. The molecule has 14 heavy (non-hydrogen) atoms. The molecule has 0 saturated carbocycles. The molecule has 0 aliphatic heterocycles. The lowest BCUT2D eigenvalue weighted by Gasteiger charge is -2.04. The molecular formula is C10H11BrO2S. The fraction of sp³-hybridized carbons (Fsp3) is 0.300. The van der Waals surface area contributed by atoms with E-state index in [-0.39, 0.29) is 6.42 Å². The van der Waals surface area contributed by atoms with Crippen LogP contribution in [0.2, 0.25) is 0 Å². The monoisotopic (exact) mass is 274 g/mol. The number of aliphatic carboxylic acids is 1. The van der Waals surface area contributed by atoms with Crippen LogP contribution in [0.5, 0.6) is 0 Å². The van der Waals surface area contributed by atoms with E-state index in [1.54, 1.807) is 11.8 Å². The molecule has 0 bridgehead atoms. The van der Waals surface area contributed by atoms with Crippen LogP contribution in [0.3, 0.4) is 0 Å². The number of rotatable bonds is 4. The maximum Gasteiger partial charge on any atom is 0.307 e. The summed E-state index contributed by atoms with van der Waals surface area (Å²) in [6, 6.07) is 5.68. The molecule has 0 aliphatic rings. The third kappa shape index (κ3) is 3.35. The molecule has 2 nitrogen and oxygen atoms in total. The van der Waals surface area contributed by atoms with Crippen LogP contribution in [0.25, 0.3) is 0 Å². The average molecular weight is 275 g/mol. The first-order valence-electron chi connectivity index (χ1n) is 4.26. The van der Waals surface area contributed by atoms with Crippen molar-refractivity contribution in [1.29, 1.82) is 0 Å². The molecule has 0 radical (unpaired) electrons. The zero-order chi connectivity index (χ0) is 10.6. The molecule has 0 heterocycles. The number of benzene rings is 1. The van der Waals surface area contributed by atoms with Gasteiger partial charge in [0.1, 0.15) is 0 Å². The lowest BCUT2D eigenvalue weighted by molar-refractivity contribution is -0.136. The molecule has 1 aromatic carbocycles. The van der Waals surface area contributed by atoms with E-state index >= 15 is 0 Å². The van der Waals surface area contributed by atoms with Crippen molar-refractivity contribution in [3.63, 3.8) is 0 Å². The summed E-state index contributed by atoms with van der Waals surface area (Å²) in [7, 11) is 0. The van der Waals surface area contributed by atoms with Crippen molar-refractivity contribution in [2.24, 2.45) is 0 Å². The predicted octanol–water partition coefficient (Wildman–Crippen LogP) is 3.19. The van der Waals surface area contributed by atoms with Crippen LogP contribution < -0.4 is 0 Å². The molecule has 0 saturated heterocycles. The van der Waals surface area contributed by atoms with Gasteiger partial charge in [-0.2, -0.15) is 0 Å². The quantitative estimate of drug-likeness (QED) is 0.857. The predicted molar refractivity (Wildman–Crippen MR) is 61.9 cm³/mol. The van der Waals surface area contributed by atoms with Crippen LogP contribution in [-0.4, -0.2) is 16.8 Å². The third-order valence-corrected chi connectivity index (χ3v) is 3.53. The smallest absolute Gasteiger partial charge is 0.307 e. The Labute approximate surface area is 95.8 Å². The Kier molecular flexibility index (Phi) is 4.48. The molecule has 0 fully saturated rings. The lowest BCUT2D eigenvalue weighted by Crippen LogP contribution is -1.99. The molecule has 0 spiro atoms. The fourth-order valence-corrected chi connectivity index (χ4v) is 2.54. The Bertz CT molecular complexity index is 339. The van der Waals surface area contributed by atoms with Gasteiger partial charge >= 0.3 is 5.97 Å². The number of hydrogen-bond acceptors (Lipinski definition) is 2. The Morgan fingerprint density at radius 3 is 2.79 bits per heavy atom. The Morgan fingerprint density at radius 1 is 1.57 bits per heavy atom. The maximum atomic E-state index is 10.5. The van der Waals surface area contributed by atoms with E-state index in [0.29, 0.717) is 0 Å². The van der Waals surface area contributed by atoms with Crippen LogP contribution in [0, 0.1) is 0 Å². The van der Waals surface area contributed by atoms with Crippen molar-refractivity contribution in [3.05, 3.63) is 28.2 Å². The molecule has 1 rings (SSSR count). The zero-order valence-corrected chi connectivity index (χ0v) is 10.2. The number of halogens is 1. The molecule has 0 aliphatic carbocycles. The van der Waals surface area contributed by atoms with E-state index in [2.05, 4.69) is 22.9 Å². The van der Waals surface area contributed by atoms with E-state index < -0.39 is 5.97 Å². The van der Waals surface area contributed by atoms with Gasteiger partial charge in [0, 0.05) is 9.37 Å². The summed E-state index contributed by atoms with van der Waals surface area (Å²) in [6.45, 7) is 2.09. The topological polar surface area (TPSA) is 37.3 Å². The molecule has 0 amide bonds. The first-order chi connectivity index (χ1) is 6.63. The van der Waals surface area contributed by atoms with Gasteiger partial charge in [0.05, 0.1) is 6.42 Å². The largest absolute Gasteiger partial charge is 0.481 e. The van der Waals surface area contributed by atoms with Gasteiger partial charge in [-0.15, -0.1) is 11.8 Å². The molecule has 1 aromatic rings. The van der Waals surface area contributed by atoms with Gasteiger partial charge in [-0.3, -0.25) is 4.79 Å². The number of carboxylic acid groups (broad SMARTS) is 1. The second-order valence-electron chi connectivity index (χ2n) is 2.77. The fourth-order valence-electron chi connectivity index (χ4n) is 1.10. The van der Waals surface area contributed by atoms with Gasteiger partial charge in [-0.25, -0.2) is 0 Å². The van der Waals surface area contributed by atoms with Gasteiger partial charge in [0.15, 0.2) is 0 Å². The lowest BCUT2D eigenvalue weighted by atomic mass is 10.2. The summed E-state index contributed by atoms with van der Waals surface area (Å²) < 4.78 is 0.975. The second-order valence-corrected chi connectivity index (χ2v) is 4.93. The van der Waals surface area contributed by atoms with Crippen LogP contribution in [0.4, 0.5) is 0 Å². The molecule has 76 valence electrons. The highest BCUT2D eigenvalue weighted by molar-refractivity contribution is 9.10. The van der Waals surface area contributed by atoms with Crippen LogP contribution in [-0.2, 0) is 11.2 Å². The molecule has 0 aromatic heterocycles. The van der Waals surface area contributed by atoms with Crippen LogP contribution >= 0.6 is 27.7 Å².